The van der Waals surface area contributed by atoms with Crippen LogP contribution in [0.25, 0.3) is 11.4 Å². The third-order valence-electron chi connectivity index (χ3n) is 2.50. The van der Waals surface area contributed by atoms with Gasteiger partial charge in [-0.05, 0) is 19.1 Å². The highest BCUT2D eigenvalue weighted by molar-refractivity contribution is 5.75. The van der Waals surface area contributed by atoms with E-state index >= 15 is 0 Å². The highest BCUT2D eigenvalue weighted by Gasteiger charge is 2.15. The summed E-state index contributed by atoms with van der Waals surface area (Å²) in [6.07, 6.45) is 2.07. The molecule has 14 heavy (non-hydrogen) atoms. The van der Waals surface area contributed by atoms with Gasteiger partial charge < -0.3 is 9.88 Å². The molecule has 70 valence electrons. The van der Waals surface area contributed by atoms with Gasteiger partial charge in [-0.25, -0.2) is 4.98 Å². The average Bonchev–Trinajstić information content (AvgIpc) is 2.59. The summed E-state index contributed by atoms with van der Waals surface area (Å²) in [5, 5.41) is 3.36. The van der Waals surface area contributed by atoms with Gasteiger partial charge in [-0.2, -0.15) is 0 Å². The van der Waals surface area contributed by atoms with Crippen LogP contribution in [-0.2, 0) is 6.67 Å². The first-order valence-corrected chi connectivity index (χ1v) is 4.71. The zero-order valence-electron chi connectivity index (χ0n) is 7.99. The molecule has 1 aliphatic heterocycles. The predicted molar refractivity (Wildman–Crippen MR) is 56.0 cm³/mol. The van der Waals surface area contributed by atoms with Crippen LogP contribution < -0.4 is 5.32 Å². The quantitative estimate of drug-likeness (QED) is 0.682. The summed E-state index contributed by atoms with van der Waals surface area (Å²) in [7, 11) is 0. The number of nitrogens with zero attached hydrogens (tertiary/aromatic N) is 2. The van der Waals surface area contributed by atoms with Crippen molar-refractivity contribution >= 4 is 5.69 Å². The molecule has 0 fully saturated rings. The first-order valence-electron chi connectivity index (χ1n) is 4.71. The number of aromatic nitrogens is 2. The molecule has 0 aliphatic carbocycles. The third kappa shape index (κ3) is 0.954. The summed E-state index contributed by atoms with van der Waals surface area (Å²) in [4.78, 5) is 4.52. The van der Waals surface area contributed by atoms with E-state index in [1.54, 1.807) is 0 Å². The Morgan fingerprint density at radius 1 is 1.36 bits per heavy atom. The summed E-state index contributed by atoms with van der Waals surface area (Å²) in [6.45, 7) is 2.83. The molecule has 0 saturated carbocycles. The normalized spacial score (nSPS) is 12.9. The van der Waals surface area contributed by atoms with E-state index < -0.39 is 0 Å². The molecule has 0 unspecified atom stereocenters. The Labute approximate surface area is 82.4 Å². The van der Waals surface area contributed by atoms with Gasteiger partial charge in [0.25, 0.3) is 0 Å². The Hall–Kier alpha value is -1.77. The number of aryl methyl sites for hydroxylation is 1. The second kappa shape index (κ2) is 2.61. The number of para-hydroxylation sites is 1. The Bertz CT molecular complexity index is 485. The second-order valence-electron chi connectivity index (χ2n) is 3.56. The van der Waals surface area contributed by atoms with Gasteiger partial charge in [0.2, 0.25) is 0 Å². The lowest BCUT2D eigenvalue weighted by Crippen LogP contribution is -2.14. The summed E-state index contributed by atoms with van der Waals surface area (Å²) in [5.41, 5.74) is 3.43. The summed E-state index contributed by atoms with van der Waals surface area (Å²) >= 11 is 0. The Morgan fingerprint density at radius 3 is 3.14 bits per heavy atom. The molecule has 3 rings (SSSR count). The van der Waals surface area contributed by atoms with Crippen molar-refractivity contribution in [3.63, 3.8) is 0 Å². The molecular formula is C11H11N3. The highest BCUT2D eigenvalue weighted by atomic mass is 15.2. The zero-order valence-corrected chi connectivity index (χ0v) is 7.99. The molecule has 1 aromatic carbocycles. The van der Waals surface area contributed by atoms with E-state index in [1.807, 2.05) is 19.1 Å². The summed E-state index contributed by atoms with van der Waals surface area (Å²) in [6, 6.07) is 8.26. The number of anilines is 1. The van der Waals surface area contributed by atoms with Gasteiger partial charge in [-0.1, -0.05) is 12.1 Å². The van der Waals surface area contributed by atoms with Gasteiger partial charge in [0.1, 0.15) is 5.82 Å². The molecule has 0 amide bonds. The van der Waals surface area contributed by atoms with Crippen molar-refractivity contribution in [2.75, 3.05) is 5.32 Å². The molecule has 1 N–H and O–H groups in total. The fraction of sp³-hybridized carbons (Fsp3) is 0.182. The van der Waals surface area contributed by atoms with Crippen LogP contribution in [-0.4, -0.2) is 9.55 Å². The number of hydrogen-bond donors (Lipinski definition) is 1. The molecule has 0 radical (unpaired) electrons. The molecule has 0 saturated heterocycles. The lowest BCUT2D eigenvalue weighted by molar-refractivity contribution is 0.769. The van der Waals surface area contributed by atoms with Crippen LogP contribution in [0.2, 0.25) is 0 Å². The molecule has 1 aliphatic rings. The molecule has 3 nitrogen and oxygen atoms in total. The molecule has 0 spiro atoms. The minimum atomic E-state index is 0.813. The van der Waals surface area contributed by atoms with Crippen molar-refractivity contribution in [2.24, 2.45) is 0 Å². The second-order valence-corrected chi connectivity index (χ2v) is 3.56. The highest BCUT2D eigenvalue weighted by Crippen LogP contribution is 2.30. The van der Waals surface area contributed by atoms with Crippen molar-refractivity contribution in [1.29, 1.82) is 0 Å². The van der Waals surface area contributed by atoms with Crippen LogP contribution in [0.15, 0.2) is 30.5 Å². The van der Waals surface area contributed by atoms with Crippen molar-refractivity contribution in [3.8, 4) is 11.4 Å². The number of imidazole rings is 1. The van der Waals surface area contributed by atoms with E-state index in [0.717, 1.165) is 18.2 Å². The molecular weight excluding hydrogens is 174 g/mol. The van der Waals surface area contributed by atoms with Gasteiger partial charge in [0.05, 0.1) is 12.4 Å². The van der Waals surface area contributed by atoms with Crippen LogP contribution in [0.5, 0.6) is 0 Å². The predicted octanol–water partition coefficient (Wildman–Crippen LogP) is 2.24. The Balaban J connectivity index is 2.28. The molecule has 0 atom stereocenters. The monoisotopic (exact) mass is 185 g/mol. The fourth-order valence-electron chi connectivity index (χ4n) is 1.88. The summed E-state index contributed by atoms with van der Waals surface area (Å²) < 4.78 is 2.14. The maximum atomic E-state index is 4.52. The van der Waals surface area contributed by atoms with Crippen LogP contribution in [0.3, 0.4) is 0 Å². The average molecular weight is 185 g/mol. The third-order valence-corrected chi connectivity index (χ3v) is 2.50. The SMILES string of the molecule is Cc1cn2c(n1)-c1ccccc1NC2. The molecule has 0 bridgehead atoms. The lowest BCUT2D eigenvalue weighted by Gasteiger charge is -2.19. The number of benzene rings is 1. The van der Waals surface area contributed by atoms with Gasteiger partial charge in [0, 0.05) is 17.4 Å². The topological polar surface area (TPSA) is 29.9 Å². The van der Waals surface area contributed by atoms with E-state index in [4.69, 9.17) is 0 Å². The van der Waals surface area contributed by atoms with Crippen LogP contribution in [0.4, 0.5) is 5.69 Å². The standard InChI is InChI=1S/C11H11N3/c1-8-6-14-7-12-10-5-3-2-4-9(10)11(14)13-8/h2-6,12H,7H2,1H3. The van der Waals surface area contributed by atoms with E-state index in [-0.39, 0.29) is 0 Å². The zero-order chi connectivity index (χ0) is 9.54. The Kier molecular flexibility index (Phi) is 1.42. The maximum Gasteiger partial charge on any atom is 0.143 e. The minimum absolute atomic E-state index is 0.813. The first-order chi connectivity index (χ1) is 6.84. The number of nitrogens with one attached hydrogen (secondary N) is 1. The smallest absolute Gasteiger partial charge is 0.143 e. The maximum absolute atomic E-state index is 4.52. The lowest BCUT2D eigenvalue weighted by atomic mass is 10.1. The largest absolute Gasteiger partial charge is 0.367 e. The van der Waals surface area contributed by atoms with E-state index in [9.17, 15) is 0 Å². The summed E-state index contributed by atoms with van der Waals surface area (Å²) in [5.74, 6) is 1.07. The van der Waals surface area contributed by atoms with Crippen molar-refractivity contribution in [2.45, 2.75) is 13.6 Å². The van der Waals surface area contributed by atoms with Crippen molar-refractivity contribution in [3.05, 3.63) is 36.2 Å². The van der Waals surface area contributed by atoms with Gasteiger partial charge in [-0.15, -0.1) is 0 Å². The molecule has 2 aromatic rings. The fourth-order valence-corrected chi connectivity index (χ4v) is 1.88. The van der Waals surface area contributed by atoms with Gasteiger partial charge in [0.15, 0.2) is 0 Å². The van der Waals surface area contributed by atoms with E-state index in [2.05, 4.69) is 33.2 Å². The van der Waals surface area contributed by atoms with Crippen molar-refractivity contribution < 1.29 is 0 Å². The van der Waals surface area contributed by atoms with Gasteiger partial charge in [-0.3, -0.25) is 0 Å². The molecule has 1 aromatic heterocycles. The van der Waals surface area contributed by atoms with Crippen LogP contribution in [0, 0.1) is 6.92 Å². The number of hydrogen-bond acceptors (Lipinski definition) is 2. The van der Waals surface area contributed by atoms with Crippen molar-refractivity contribution in [1.82, 2.24) is 9.55 Å². The Morgan fingerprint density at radius 2 is 2.21 bits per heavy atom. The number of rotatable bonds is 0. The minimum Gasteiger partial charge on any atom is -0.367 e. The van der Waals surface area contributed by atoms with Crippen LogP contribution >= 0.6 is 0 Å². The number of fused-ring (bicyclic) bond motifs is 3. The molecule has 3 heteroatoms. The molecule has 2 heterocycles. The van der Waals surface area contributed by atoms with E-state index in [0.29, 0.717) is 0 Å². The van der Waals surface area contributed by atoms with E-state index in [1.165, 1.54) is 11.3 Å². The van der Waals surface area contributed by atoms with Gasteiger partial charge >= 0.3 is 0 Å². The van der Waals surface area contributed by atoms with Crippen LogP contribution in [0.1, 0.15) is 5.69 Å². The first kappa shape index (κ1) is 7.62.